The van der Waals surface area contributed by atoms with Crippen molar-refractivity contribution < 1.29 is 18.3 Å². The summed E-state index contributed by atoms with van der Waals surface area (Å²) in [4.78, 5) is 13.8. The van der Waals surface area contributed by atoms with Crippen molar-refractivity contribution in [3.05, 3.63) is 46.7 Å². The molecule has 0 spiro atoms. The second-order valence-electron chi connectivity index (χ2n) is 4.80. The first-order valence-electron chi connectivity index (χ1n) is 6.74. The maximum Gasteiger partial charge on any atom is 0.338 e. The van der Waals surface area contributed by atoms with E-state index in [4.69, 9.17) is 17.0 Å². The Labute approximate surface area is 132 Å². The molecule has 4 nitrogen and oxygen atoms in total. The van der Waals surface area contributed by atoms with E-state index < -0.39 is 23.6 Å². The highest BCUT2D eigenvalue weighted by Gasteiger charge is 2.36. The molecule has 1 aromatic carbocycles. The number of benzene rings is 1. The lowest BCUT2D eigenvalue weighted by Crippen LogP contribution is -2.46. The highest BCUT2D eigenvalue weighted by atomic mass is 32.1. The Kier molecular flexibility index (Phi) is 4.75. The van der Waals surface area contributed by atoms with Crippen molar-refractivity contribution in [1.82, 2.24) is 10.2 Å². The zero-order valence-electron chi connectivity index (χ0n) is 12.4. The van der Waals surface area contributed by atoms with E-state index in [2.05, 4.69) is 5.32 Å². The van der Waals surface area contributed by atoms with E-state index in [1.165, 1.54) is 6.07 Å². The van der Waals surface area contributed by atoms with Crippen LogP contribution in [0.3, 0.4) is 0 Å². The fourth-order valence-corrected chi connectivity index (χ4v) is 2.57. The van der Waals surface area contributed by atoms with Crippen LogP contribution in [0.15, 0.2) is 29.5 Å². The molecule has 0 unspecified atom stereocenters. The van der Waals surface area contributed by atoms with Gasteiger partial charge in [-0.15, -0.1) is 0 Å². The fourth-order valence-electron chi connectivity index (χ4n) is 2.31. The van der Waals surface area contributed by atoms with Gasteiger partial charge in [-0.3, -0.25) is 0 Å². The van der Waals surface area contributed by atoms with E-state index in [1.54, 1.807) is 25.8 Å². The molecule has 0 saturated carbocycles. The lowest BCUT2D eigenvalue weighted by atomic mass is 9.94. The SMILES string of the molecule is CCOC(=O)C1=C(C)N(C)C(=S)N[C@H]1c1c(F)cccc1F. The average Bonchev–Trinajstić information content (AvgIpc) is 2.45. The quantitative estimate of drug-likeness (QED) is 0.683. The third-order valence-corrected chi connectivity index (χ3v) is 3.93. The number of ether oxygens (including phenoxy) is 1. The predicted molar refractivity (Wildman–Crippen MR) is 81.9 cm³/mol. The van der Waals surface area contributed by atoms with E-state index >= 15 is 0 Å². The van der Waals surface area contributed by atoms with Gasteiger partial charge in [0.1, 0.15) is 11.6 Å². The maximum atomic E-state index is 14.1. The summed E-state index contributed by atoms with van der Waals surface area (Å²) in [7, 11) is 1.66. The van der Waals surface area contributed by atoms with Crippen LogP contribution in [0.25, 0.3) is 0 Å². The minimum atomic E-state index is -1.02. The first-order chi connectivity index (χ1) is 10.4. The normalized spacial score (nSPS) is 18.3. The Morgan fingerprint density at radius 3 is 2.55 bits per heavy atom. The first-order valence-corrected chi connectivity index (χ1v) is 7.15. The highest BCUT2D eigenvalue weighted by Crippen LogP contribution is 2.33. The van der Waals surface area contributed by atoms with Gasteiger partial charge < -0.3 is 15.0 Å². The first kappa shape index (κ1) is 16.4. The molecule has 1 aliphatic heterocycles. The van der Waals surface area contributed by atoms with Crippen LogP contribution >= 0.6 is 12.2 Å². The smallest absolute Gasteiger partial charge is 0.338 e. The van der Waals surface area contributed by atoms with E-state index in [9.17, 15) is 13.6 Å². The molecule has 0 radical (unpaired) electrons. The zero-order chi connectivity index (χ0) is 16.4. The highest BCUT2D eigenvalue weighted by molar-refractivity contribution is 7.80. The van der Waals surface area contributed by atoms with E-state index in [0.29, 0.717) is 5.70 Å². The molecule has 0 fully saturated rings. The van der Waals surface area contributed by atoms with Gasteiger partial charge in [0.25, 0.3) is 0 Å². The predicted octanol–water partition coefficient (Wildman–Crippen LogP) is 2.66. The molecule has 7 heteroatoms. The van der Waals surface area contributed by atoms with Crippen LogP contribution in [0.1, 0.15) is 25.5 Å². The molecule has 1 aromatic rings. The monoisotopic (exact) mass is 326 g/mol. The number of halogens is 2. The van der Waals surface area contributed by atoms with Gasteiger partial charge >= 0.3 is 5.97 Å². The molecule has 0 aliphatic carbocycles. The van der Waals surface area contributed by atoms with Crippen molar-refractivity contribution in [2.24, 2.45) is 0 Å². The molecule has 1 N–H and O–H groups in total. The van der Waals surface area contributed by atoms with Crippen LogP contribution in [-0.2, 0) is 9.53 Å². The summed E-state index contributed by atoms with van der Waals surface area (Å²) in [6.07, 6.45) is 0. The minimum absolute atomic E-state index is 0.141. The number of nitrogens with zero attached hydrogens (tertiary/aromatic N) is 1. The number of allylic oxidation sites excluding steroid dienone is 1. The third kappa shape index (κ3) is 2.81. The van der Waals surface area contributed by atoms with Gasteiger partial charge in [-0.25, -0.2) is 13.6 Å². The summed E-state index contributed by atoms with van der Waals surface area (Å²) in [5.74, 6) is -2.13. The van der Waals surface area contributed by atoms with E-state index in [1.807, 2.05) is 0 Å². The average molecular weight is 326 g/mol. The van der Waals surface area contributed by atoms with Crippen molar-refractivity contribution in [3.8, 4) is 0 Å². The Balaban J connectivity index is 2.61. The number of thiocarbonyl (C=S) groups is 1. The van der Waals surface area contributed by atoms with E-state index in [-0.39, 0.29) is 22.9 Å². The molecular weight excluding hydrogens is 310 g/mol. The Hall–Kier alpha value is -2.02. The number of rotatable bonds is 3. The van der Waals surface area contributed by atoms with Crippen molar-refractivity contribution in [2.75, 3.05) is 13.7 Å². The van der Waals surface area contributed by atoms with Crippen molar-refractivity contribution >= 4 is 23.3 Å². The van der Waals surface area contributed by atoms with Gasteiger partial charge in [0.2, 0.25) is 0 Å². The lowest BCUT2D eigenvalue weighted by molar-refractivity contribution is -0.139. The Morgan fingerprint density at radius 2 is 2.00 bits per heavy atom. The van der Waals surface area contributed by atoms with Crippen LogP contribution in [0, 0.1) is 11.6 Å². The lowest BCUT2D eigenvalue weighted by Gasteiger charge is -2.35. The third-order valence-electron chi connectivity index (χ3n) is 3.54. The number of carbonyl (C=O) groups excluding carboxylic acids is 1. The molecule has 2 rings (SSSR count). The zero-order valence-corrected chi connectivity index (χ0v) is 13.3. The van der Waals surface area contributed by atoms with Gasteiger partial charge in [0.05, 0.1) is 23.8 Å². The maximum absolute atomic E-state index is 14.1. The molecule has 22 heavy (non-hydrogen) atoms. The van der Waals surface area contributed by atoms with Gasteiger partial charge in [-0.2, -0.15) is 0 Å². The topological polar surface area (TPSA) is 41.6 Å². The summed E-state index contributed by atoms with van der Waals surface area (Å²) in [6, 6.07) is 2.52. The molecule has 1 heterocycles. The summed E-state index contributed by atoms with van der Waals surface area (Å²) in [5.41, 5.74) is 0.386. The molecule has 1 aliphatic rings. The van der Waals surface area contributed by atoms with Crippen molar-refractivity contribution in [2.45, 2.75) is 19.9 Å². The van der Waals surface area contributed by atoms with Crippen LogP contribution in [-0.4, -0.2) is 29.6 Å². The van der Waals surface area contributed by atoms with Gasteiger partial charge in [-0.05, 0) is 38.2 Å². The van der Waals surface area contributed by atoms with Crippen LogP contribution in [0.5, 0.6) is 0 Å². The number of hydrogen-bond donors (Lipinski definition) is 1. The second-order valence-corrected chi connectivity index (χ2v) is 5.18. The Morgan fingerprint density at radius 1 is 1.41 bits per heavy atom. The summed E-state index contributed by atoms with van der Waals surface area (Å²) >= 11 is 5.16. The van der Waals surface area contributed by atoms with Crippen molar-refractivity contribution in [1.29, 1.82) is 0 Å². The van der Waals surface area contributed by atoms with E-state index in [0.717, 1.165) is 12.1 Å². The fraction of sp³-hybridized carbons (Fsp3) is 0.333. The molecule has 0 amide bonds. The molecule has 0 saturated heterocycles. The number of nitrogens with one attached hydrogen (secondary N) is 1. The standard InChI is InChI=1S/C15H16F2N2O2S/c1-4-21-14(20)11-8(2)19(3)15(22)18-13(11)12-9(16)6-5-7-10(12)17/h5-7,13H,4H2,1-3H3,(H,18,22)/t13-/m1/s1. The molecule has 1 atom stereocenters. The van der Waals surface area contributed by atoms with Crippen LogP contribution in [0.4, 0.5) is 8.78 Å². The molecular formula is C15H16F2N2O2S. The van der Waals surface area contributed by atoms with Gasteiger partial charge in [0, 0.05) is 12.7 Å². The largest absolute Gasteiger partial charge is 0.463 e. The van der Waals surface area contributed by atoms with Crippen molar-refractivity contribution in [3.63, 3.8) is 0 Å². The number of esters is 1. The van der Waals surface area contributed by atoms with Gasteiger partial charge in [0.15, 0.2) is 5.11 Å². The van der Waals surface area contributed by atoms with Gasteiger partial charge in [-0.1, -0.05) is 6.07 Å². The number of carbonyl (C=O) groups is 1. The van der Waals surface area contributed by atoms with Crippen LogP contribution < -0.4 is 5.32 Å². The summed E-state index contributed by atoms with van der Waals surface area (Å²) < 4.78 is 33.2. The molecule has 118 valence electrons. The molecule has 0 aromatic heterocycles. The van der Waals surface area contributed by atoms with Crippen LogP contribution in [0.2, 0.25) is 0 Å². The summed E-state index contributed by atoms with van der Waals surface area (Å²) in [6.45, 7) is 3.48. The second kappa shape index (κ2) is 6.39. The number of hydrogen-bond acceptors (Lipinski definition) is 3. The minimum Gasteiger partial charge on any atom is -0.463 e. The summed E-state index contributed by atoms with van der Waals surface area (Å²) in [5, 5.41) is 3.08. The molecule has 0 bridgehead atoms. The Bertz CT molecular complexity index is 641.